The summed E-state index contributed by atoms with van der Waals surface area (Å²) < 4.78 is 94.1. The molecule has 2 aromatic rings. The van der Waals surface area contributed by atoms with Gasteiger partial charge in [0.1, 0.15) is 5.75 Å². The number of nitrogens with zero attached hydrogens (tertiary/aromatic N) is 4. The van der Waals surface area contributed by atoms with Gasteiger partial charge in [-0.2, -0.15) is 4.31 Å². The van der Waals surface area contributed by atoms with E-state index in [1.54, 1.807) is 6.92 Å². The molecule has 19 heteroatoms. The SMILES string of the molecule is CCOC(=O)N1CCN(CCS(=O)(=O)N(C)CCN(CC(=O)N[OH2+])S(=O)(=O)c2cc(F)c(Oc3ccc(Cl)cc3)c(F)c2)CC1. The van der Waals surface area contributed by atoms with Crippen LogP contribution < -0.4 is 10.2 Å². The van der Waals surface area contributed by atoms with Crippen molar-refractivity contribution in [2.75, 3.05) is 71.8 Å². The molecule has 1 heterocycles. The summed E-state index contributed by atoms with van der Waals surface area (Å²) in [6, 6.07) is 6.57. The Morgan fingerprint density at radius 2 is 1.62 bits per heavy atom. The zero-order valence-electron chi connectivity index (χ0n) is 24.5. The number of amides is 2. The number of carbonyl (C=O) groups is 2. The Morgan fingerprint density at radius 3 is 2.18 bits per heavy atom. The van der Waals surface area contributed by atoms with E-state index in [4.69, 9.17) is 26.3 Å². The molecule has 14 nitrogen and oxygen atoms in total. The van der Waals surface area contributed by atoms with E-state index in [1.165, 1.54) is 41.7 Å². The first-order chi connectivity index (χ1) is 21.2. The quantitative estimate of drug-likeness (QED) is 0.225. The van der Waals surface area contributed by atoms with E-state index in [9.17, 15) is 35.2 Å². The third-order valence-electron chi connectivity index (χ3n) is 6.81. The average Bonchev–Trinajstić information content (AvgIpc) is 3.00. The van der Waals surface area contributed by atoms with Crippen LogP contribution in [0.5, 0.6) is 11.5 Å². The number of benzene rings is 2. The fraction of sp³-hybridized carbons (Fsp3) is 0.462. The summed E-state index contributed by atoms with van der Waals surface area (Å²) in [5, 5.41) is 7.40. The fourth-order valence-electron chi connectivity index (χ4n) is 4.20. The van der Waals surface area contributed by atoms with Crippen LogP contribution in [0.15, 0.2) is 41.3 Å². The molecule has 3 rings (SSSR count). The van der Waals surface area contributed by atoms with Crippen molar-refractivity contribution in [2.45, 2.75) is 11.8 Å². The van der Waals surface area contributed by atoms with Crippen LogP contribution in [0.3, 0.4) is 0 Å². The number of hydrogen-bond donors (Lipinski definition) is 1. The Bertz CT molecular complexity index is 1540. The summed E-state index contributed by atoms with van der Waals surface area (Å²) in [5.74, 6) is -4.92. The third kappa shape index (κ3) is 9.93. The van der Waals surface area contributed by atoms with E-state index in [-0.39, 0.29) is 24.7 Å². The van der Waals surface area contributed by atoms with Gasteiger partial charge in [-0.25, -0.2) is 34.7 Å². The van der Waals surface area contributed by atoms with Crippen LogP contribution in [0.1, 0.15) is 6.92 Å². The van der Waals surface area contributed by atoms with Gasteiger partial charge in [0.25, 0.3) is 5.91 Å². The topological polar surface area (TPSA) is 169 Å². The highest BCUT2D eigenvalue weighted by Crippen LogP contribution is 2.31. The lowest BCUT2D eigenvalue weighted by molar-refractivity contribution is -0.129. The van der Waals surface area contributed by atoms with Crippen molar-refractivity contribution in [1.29, 1.82) is 0 Å². The summed E-state index contributed by atoms with van der Waals surface area (Å²) >= 11 is 5.80. The summed E-state index contributed by atoms with van der Waals surface area (Å²) in [5.41, 5.74) is 1.53. The number of nitrogens with one attached hydrogen (secondary N) is 1. The molecule has 1 saturated heterocycles. The van der Waals surface area contributed by atoms with E-state index in [0.29, 0.717) is 47.6 Å². The summed E-state index contributed by atoms with van der Waals surface area (Å²) in [4.78, 5) is 26.4. The lowest BCUT2D eigenvalue weighted by Crippen LogP contribution is -2.50. The van der Waals surface area contributed by atoms with Gasteiger partial charge in [0, 0.05) is 57.9 Å². The van der Waals surface area contributed by atoms with Crippen molar-refractivity contribution in [3.05, 3.63) is 53.1 Å². The molecule has 45 heavy (non-hydrogen) atoms. The van der Waals surface area contributed by atoms with Crippen molar-refractivity contribution < 1.29 is 49.9 Å². The summed E-state index contributed by atoms with van der Waals surface area (Å²) in [6.45, 7) is 1.80. The maximum absolute atomic E-state index is 14.9. The predicted octanol–water partition coefficient (Wildman–Crippen LogP) is 1.19. The van der Waals surface area contributed by atoms with Gasteiger partial charge in [0.15, 0.2) is 17.4 Å². The highest BCUT2D eigenvalue weighted by molar-refractivity contribution is 7.89. The van der Waals surface area contributed by atoms with Crippen LogP contribution in [0.25, 0.3) is 0 Å². The number of sulfonamides is 2. The van der Waals surface area contributed by atoms with Crippen molar-refractivity contribution in [3.8, 4) is 11.5 Å². The zero-order chi connectivity index (χ0) is 33.4. The molecular weight excluding hydrogens is 664 g/mol. The normalized spacial score (nSPS) is 14.5. The average molecular weight is 699 g/mol. The van der Waals surface area contributed by atoms with E-state index >= 15 is 0 Å². The van der Waals surface area contributed by atoms with E-state index in [1.807, 2.05) is 4.90 Å². The highest BCUT2D eigenvalue weighted by Gasteiger charge is 2.31. The van der Waals surface area contributed by atoms with Gasteiger partial charge in [0.2, 0.25) is 20.0 Å². The van der Waals surface area contributed by atoms with Crippen molar-refractivity contribution in [2.24, 2.45) is 0 Å². The molecule has 1 fully saturated rings. The first-order valence-corrected chi connectivity index (χ1v) is 17.1. The van der Waals surface area contributed by atoms with Crippen LogP contribution >= 0.6 is 11.6 Å². The second kappa shape index (κ2) is 15.9. The summed E-state index contributed by atoms with van der Waals surface area (Å²) in [7, 11) is -7.45. The van der Waals surface area contributed by atoms with Crippen LogP contribution in [0.2, 0.25) is 5.02 Å². The van der Waals surface area contributed by atoms with Gasteiger partial charge in [0.05, 0.1) is 23.8 Å². The van der Waals surface area contributed by atoms with Gasteiger partial charge in [-0.05, 0) is 43.3 Å². The lowest BCUT2D eigenvalue weighted by atomic mass is 10.3. The van der Waals surface area contributed by atoms with E-state index in [0.717, 1.165) is 4.31 Å². The maximum Gasteiger partial charge on any atom is 0.409 e. The number of carbonyl (C=O) groups excluding carboxylic acids is 2. The zero-order valence-corrected chi connectivity index (χ0v) is 26.9. The molecule has 0 atom stereocenters. The number of halogens is 3. The van der Waals surface area contributed by atoms with Gasteiger partial charge in [-0.15, -0.1) is 5.48 Å². The Balaban J connectivity index is 1.68. The standard InChI is InChI=1S/C26H34ClF2N5O9S2/c1-3-42-26(36)33-11-9-32(10-12-33)14-15-44(38,39)31(2)8-13-34(18-24(35)30-37)45(40,41)21-16-22(28)25(23(29)17-21)43-20-6-4-19(27)5-7-20/h4-7,16-17,37H,3,8-15,18H2,1-2H3,(H,30,35)/p+1. The molecule has 1 aliphatic rings. The minimum atomic E-state index is -4.77. The van der Waals surface area contributed by atoms with E-state index in [2.05, 4.69) is 0 Å². The molecule has 1 aliphatic heterocycles. The predicted molar refractivity (Wildman–Crippen MR) is 160 cm³/mol. The highest BCUT2D eigenvalue weighted by atomic mass is 35.5. The molecule has 0 saturated carbocycles. The molecule has 3 N–H and O–H groups in total. The molecule has 0 aliphatic carbocycles. The minimum absolute atomic E-state index is 0.0322. The monoisotopic (exact) mass is 698 g/mol. The first-order valence-electron chi connectivity index (χ1n) is 13.6. The van der Waals surface area contributed by atoms with Crippen LogP contribution in [-0.2, 0) is 29.6 Å². The Morgan fingerprint density at radius 1 is 1.02 bits per heavy atom. The number of hydroxylamine groups is 1. The van der Waals surface area contributed by atoms with Crippen molar-refractivity contribution in [1.82, 2.24) is 23.9 Å². The molecule has 0 bridgehead atoms. The molecule has 0 unspecified atom stereocenters. The Labute approximate surface area is 265 Å². The van der Waals surface area contributed by atoms with Gasteiger partial charge >= 0.3 is 6.09 Å². The molecule has 0 aromatic heterocycles. The Kier molecular flexibility index (Phi) is 12.9. The summed E-state index contributed by atoms with van der Waals surface area (Å²) in [6.07, 6.45) is -0.434. The third-order valence-corrected chi connectivity index (χ3v) is 10.7. The molecular formula is C26H35ClF2N5O9S2+. The Hall–Kier alpha value is -3.13. The number of likely N-dealkylation sites (N-methyl/N-ethyl adjacent to an activating group) is 1. The van der Waals surface area contributed by atoms with Crippen LogP contribution in [0.4, 0.5) is 13.6 Å². The molecule has 250 valence electrons. The number of hydrogen-bond acceptors (Lipinski definition) is 9. The number of rotatable bonds is 14. The smallest absolute Gasteiger partial charge is 0.409 e. The van der Waals surface area contributed by atoms with Crippen molar-refractivity contribution >= 4 is 43.6 Å². The second-order valence-corrected chi connectivity index (χ2v) is 14.4. The molecule has 2 aromatic carbocycles. The fourth-order valence-corrected chi connectivity index (χ4v) is 6.90. The first kappa shape index (κ1) is 36.3. The second-order valence-electron chi connectivity index (χ2n) is 9.82. The molecule has 2 amide bonds. The number of ether oxygens (including phenoxy) is 2. The van der Waals surface area contributed by atoms with Crippen LogP contribution in [0, 0.1) is 11.6 Å². The maximum atomic E-state index is 14.9. The van der Waals surface area contributed by atoms with Crippen LogP contribution in [-0.4, -0.2) is 124 Å². The van der Waals surface area contributed by atoms with Gasteiger partial charge in [-0.3, -0.25) is 9.69 Å². The van der Waals surface area contributed by atoms with E-state index < -0.39 is 74.0 Å². The van der Waals surface area contributed by atoms with Gasteiger partial charge in [-0.1, -0.05) is 11.6 Å². The van der Waals surface area contributed by atoms with Gasteiger partial charge < -0.3 is 19.6 Å². The lowest BCUT2D eigenvalue weighted by Gasteiger charge is -2.34. The largest absolute Gasteiger partial charge is 0.451 e. The molecule has 0 spiro atoms. The minimum Gasteiger partial charge on any atom is -0.451 e. The number of piperazine rings is 1. The van der Waals surface area contributed by atoms with Crippen molar-refractivity contribution in [3.63, 3.8) is 0 Å². The molecule has 0 radical (unpaired) electrons.